The Morgan fingerprint density at radius 3 is 2.75 bits per heavy atom. The summed E-state index contributed by atoms with van der Waals surface area (Å²) in [6, 6.07) is 13.5. The summed E-state index contributed by atoms with van der Waals surface area (Å²) in [6.45, 7) is 0. The van der Waals surface area contributed by atoms with E-state index in [0.29, 0.717) is 16.4 Å². The highest BCUT2D eigenvalue weighted by atomic mass is 32.2. The van der Waals surface area contributed by atoms with Crippen LogP contribution in [0.3, 0.4) is 0 Å². The first-order valence-corrected chi connectivity index (χ1v) is 9.26. The van der Waals surface area contributed by atoms with Gasteiger partial charge >= 0.3 is 0 Å². The van der Waals surface area contributed by atoms with Crippen molar-refractivity contribution in [1.82, 2.24) is 4.98 Å². The minimum absolute atomic E-state index is 0.188. The van der Waals surface area contributed by atoms with Gasteiger partial charge in [0.15, 0.2) is 5.13 Å². The highest BCUT2D eigenvalue weighted by molar-refractivity contribution is 7.99. The molecule has 0 saturated carbocycles. The van der Waals surface area contributed by atoms with Gasteiger partial charge in [0.1, 0.15) is 0 Å². The molecule has 7 heteroatoms. The van der Waals surface area contributed by atoms with Crippen molar-refractivity contribution in [2.45, 2.75) is 5.75 Å². The highest BCUT2D eigenvalue weighted by Gasteiger charge is 2.10. The largest absolute Gasteiger partial charge is 0.369 e. The molecule has 0 unspecified atom stereocenters. The van der Waals surface area contributed by atoms with E-state index in [-0.39, 0.29) is 17.6 Å². The lowest BCUT2D eigenvalue weighted by atomic mass is 10.1. The minimum atomic E-state index is -0.347. The summed E-state index contributed by atoms with van der Waals surface area (Å²) >= 11 is 2.76. The fourth-order valence-corrected chi connectivity index (χ4v) is 3.66. The summed E-state index contributed by atoms with van der Waals surface area (Å²) in [5, 5.41) is 7.34. The summed E-state index contributed by atoms with van der Waals surface area (Å²) in [5.41, 5.74) is 6.51. The van der Waals surface area contributed by atoms with E-state index in [0.717, 1.165) is 16.5 Å². The molecule has 2 amide bonds. The number of carbonyl (C=O) groups excluding carboxylic acids is 2. The Kier molecular flexibility index (Phi) is 5.12. The van der Waals surface area contributed by atoms with E-state index in [9.17, 15) is 9.59 Å². The van der Waals surface area contributed by atoms with Crippen molar-refractivity contribution in [3.63, 3.8) is 0 Å². The van der Waals surface area contributed by atoms with Crippen LogP contribution in [-0.2, 0) is 10.5 Å². The molecule has 3 aromatic rings. The average molecular weight is 357 g/mol. The number of anilines is 1. The van der Waals surface area contributed by atoms with E-state index in [1.165, 1.54) is 23.1 Å². The summed E-state index contributed by atoms with van der Waals surface area (Å²) in [6.07, 6.45) is 0. The third kappa shape index (κ3) is 4.12. The molecular formula is C17H15N3O2S2. The number of fused-ring (bicyclic) bond motifs is 1. The number of thioether (sulfide) groups is 1. The Balaban J connectivity index is 1.65. The molecule has 2 aromatic carbocycles. The zero-order valence-corrected chi connectivity index (χ0v) is 14.3. The van der Waals surface area contributed by atoms with Crippen LogP contribution in [0.2, 0.25) is 0 Å². The monoisotopic (exact) mass is 357 g/mol. The Bertz CT molecular complexity index is 892. The van der Waals surface area contributed by atoms with Crippen molar-refractivity contribution in [3.05, 3.63) is 59.1 Å². The normalized spacial score (nSPS) is 10.7. The molecule has 0 saturated heterocycles. The molecular weight excluding hydrogens is 342 g/mol. The van der Waals surface area contributed by atoms with E-state index in [1.54, 1.807) is 6.07 Å². The standard InChI is InChI=1S/C17H15N3O2S2/c18-15(21)10-23-8-14-9-24-17(19-14)20-16(22)13-6-5-11-3-1-2-4-12(11)7-13/h1-7,9H,8,10H2,(H2,18,21)(H,19,20,22). The van der Waals surface area contributed by atoms with Crippen molar-refractivity contribution in [2.24, 2.45) is 5.73 Å². The van der Waals surface area contributed by atoms with Crippen molar-refractivity contribution in [1.29, 1.82) is 0 Å². The van der Waals surface area contributed by atoms with Crippen molar-refractivity contribution >= 4 is 50.8 Å². The molecule has 0 aliphatic heterocycles. The molecule has 0 radical (unpaired) electrons. The maximum absolute atomic E-state index is 12.4. The quantitative estimate of drug-likeness (QED) is 0.709. The van der Waals surface area contributed by atoms with Gasteiger partial charge in [-0.2, -0.15) is 0 Å². The first-order valence-electron chi connectivity index (χ1n) is 7.22. The van der Waals surface area contributed by atoms with Crippen molar-refractivity contribution in [3.8, 4) is 0 Å². The number of rotatable bonds is 6. The second kappa shape index (κ2) is 7.46. The second-order valence-corrected chi connectivity index (χ2v) is 6.96. The molecule has 0 fully saturated rings. The molecule has 0 aliphatic rings. The van der Waals surface area contributed by atoms with Crippen LogP contribution in [0.5, 0.6) is 0 Å². The Morgan fingerprint density at radius 1 is 1.17 bits per heavy atom. The van der Waals surface area contributed by atoms with Gasteiger partial charge in [-0.1, -0.05) is 30.3 Å². The van der Waals surface area contributed by atoms with Gasteiger partial charge in [-0.25, -0.2) is 4.98 Å². The number of hydrogen-bond donors (Lipinski definition) is 2. The minimum Gasteiger partial charge on any atom is -0.369 e. The van der Waals surface area contributed by atoms with Crippen LogP contribution in [-0.4, -0.2) is 22.6 Å². The lowest BCUT2D eigenvalue weighted by Crippen LogP contribution is -2.13. The predicted molar refractivity (Wildman–Crippen MR) is 99.4 cm³/mol. The molecule has 0 aliphatic carbocycles. The summed E-state index contributed by atoms with van der Waals surface area (Å²) < 4.78 is 0. The molecule has 0 atom stereocenters. The van der Waals surface area contributed by atoms with E-state index < -0.39 is 0 Å². The fourth-order valence-electron chi connectivity index (χ4n) is 2.19. The molecule has 0 spiro atoms. The lowest BCUT2D eigenvalue weighted by Gasteiger charge is -2.03. The van der Waals surface area contributed by atoms with Crippen LogP contribution in [0.1, 0.15) is 16.1 Å². The zero-order valence-electron chi connectivity index (χ0n) is 12.7. The number of aromatic nitrogens is 1. The molecule has 3 rings (SSSR count). The van der Waals surface area contributed by atoms with E-state index in [2.05, 4.69) is 10.3 Å². The van der Waals surface area contributed by atoms with Crippen LogP contribution in [0.25, 0.3) is 10.8 Å². The number of carbonyl (C=O) groups is 2. The van der Waals surface area contributed by atoms with Gasteiger partial charge < -0.3 is 5.73 Å². The lowest BCUT2D eigenvalue weighted by molar-refractivity contribution is -0.115. The van der Waals surface area contributed by atoms with Gasteiger partial charge in [-0.15, -0.1) is 23.1 Å². The number of amides is 2. The molecule has 1 aromatic heterocycles. The predicted octanol–water partition coefficient (Wildman–Crippen LogP) is 3.27. The third-order valence-electron chi connectivity index (χ3n) is 3.28. The first kappa shape index (κ1) is 16.5. The average Bonchev–Trinajstić information content (AvgIpc) is 3.01. The Labute approximate surface area is 147 Å². The molecule has 0 bridgehead atoms. The van der Waals surface area contributed by atoms with E-state index in [4.69, 9.17) is 5.73 Å². The summed E-state index contributed by atoms with van der Waals surface area (Å²) in [7, 11) is 0. The summed E-state index contributed by atoms with van der Waals surface area (Å²) in [5.74, 6) is 0.313. The van der Waals surface area contributed by atoms with Crippen molar-refractivity contribution in [2.75, 3.05) is 11.1 Å². The van der Waals surface area contributed by atoms with Gasteiger partial charge in [0, 0.05) is 16.7 Å². The maximum atomic E-state index is 12.4. The van der Waals surface area contributed by atoms with Gasteiger partial charge in [0.2, 0.25) is 5.91 Å². The van der Waals surface area contributed by atoms with E-state index >= 15 is 0 Å². The number of thiazole rings is 1. The number of benzene rings is 2. The molecule has 122 valence electrons. The second-order valence-electron chi connectivity index (χ2n) is 5.12. The highest BCUT2D eigenvalue weighted by Crippen LogP contribution is 2.21. The van der Waals surface area contributed by atoms with Crippen LogP contribution in [0.15, 0.2) is 47.8 Å². The smallest absolute Gasteiger partial charge is 0.257 e. The number of primary amides is 1. The Morgan fingerprint density at radius 2 is 1.96 bits per heavy atom. The number of nitrogens with one attached hydrogen (secondary N) is 1. The number of nitrogens with zero attached hydrogens (tertiary/aromatic N) is 1. The zero-order chi connectivity index (χ0) is 16.9. The van der Waals surface area contributed by atoms with Crippen molar-refractivity contribution < 1.29 is 9.59 Å². The molecule has 24 heavy (non-hydrogen) atoms. The van der Waals surface area contributed by atoms with Gasteiger partial charge in [-0.3, -0.25) is 14.9 Å². The van der Waals surface area contributed by atoms with Gasteiger partial charge in [0.05, 0.1) is 11.4 Å². The Hall–Kier alpha value is -2.38. The topological polar surface area (TPSA) is 85.1 Å². The van der Waals surface area contributed by atoms with Crippen LogP contribution in [0.4, 0.5) is 5.13 Å². The number of nitrogens with two attached hydrogens (primary N) is 1. The van der Waals surface area contributed by atoms with Gasteiger partial charge in [0.25, 0.3) is 5.91 Å². The van der Waals surface area contributed by atoms with Gasteiger partial charge in [-0.05, 0) is 22.9 Å². The number of hydrogen-bond acceptors (Lipinski definition) is 5. The fraction of sp³-hybridized carbons (Fsp3) is 0.118. The SMILES string of the molecule is NC(=O)CSCc1csc(NC(=O)c2ccc3ccccc3c2)n1. The molecule has 3 N–H and O–H groups in total. The summed E-state index contributed by atoms with van der Waals surface area (Å²) in [4.78, 5) is 27.4. The third-order valence-corrected chi connectivity index (χ3v) is 5.07. The van der Waals surface area contributed by atoms with Crippen LogP contribution >= 0.6 is 23.1 Å². The van der Waals surface area contributed by atoms with Crippen LogP contribution in [0, 0.1) is 0 Å². The maximum Gasteiger partial charge on any atom is 0.257 e. The first-order chi connectivity index (χ1) is 11.6. The molecule has 1 heterocycles. The molecule has 5 nitrogen and oxygen atoms in total. The van der Waals surface area contributed by atoms with Crippen LogP contribution < -0.4 is 11.1 Å². The van der Waals surface area contributed by atoms with E-state index in [1.807, 2.05) is 41.8 Å².